The van der Waals surface area contributed by atoms with Crippen LogP contribution in [0.5, 0.6) is 0 Å². The zero-order valence-electron chi connectivity index (χ0n) is 7.57. The summed E-state index contributed by atoms with van der Waals surface area (Å²) < 4.78 is 21.5. The number of aryl methyl sites for hydroxylation is 2. The first-order valence-electron chi connectivity index (χ1n) is 3.97. The highest BCUT2D eigenvalue weighted by atomic mass is 32.2. The molecule has 0 aliphatic carbocycles. The zero-order valence-corrected chi connectivity index (χ0v) is 8.39. The Bertz CT molecular complexity index is 328. The van der Waals surface area contributed by atoms with Crippen LogP contribution in [0.2, 0.25) is 0 Å². The minimum Gasteiger partial charge on any atom is -0.289 e. The molecular weight excluding hydrogens is 188 g/mol. The van der Waals surface area contributed by atoms with E-state index in [9.17, 15) is 4.21 Å². The standard InChI is InChI=1S/C8H12N2O2S/c1-3-7-5-4-6(2)9-8(7)10-13(11)12/h4-5H,3H2,1-2H3,(H,9,10)(H,11,12). The van der Waals surface area contributed by atoms with Crippen LogP contribution in [-0.2, 0) is 17.7 Å². The second kappa shape index (κ2) is 4.34. The minimum atomic E-state index is -2.05. The Balaban J connectivity index is 3.01. The van der Waals surface area contributed by atoms with Crippen molar-refractivity contribution in [1.29, 1.82) is 0 Å². The molecular formula is C8H12N2O2S. The van der Waals surface area contributed by atoms with E-state index < -0.39 is 11.3 Å². The van der Waals surface area contributed by atoms with Crippen molar-refractivity contribution in [2.75, 3.05) is 4.72 Å². The molecule has 0 radical (unpaired) electrons. The van der Waals surface area contributed by atoms with Crippen LogP contribution in [-0.4, -0.2) is 13.7 Å². The van der Waals surface area contributed by atoms with Crippen LogP contribution in [0.3, 0.4) is 0 Å². The number of pyridine rings is 1. The number of hydrogen-bond donors (Lipinski definition) is 2. The van der Waals surface area contributed by atoms with Gasteiger partial charge >= 0.3 is 0 Å². The van der Waals surface area contributed by atoms with Crippen molar-refractivity contribution in [3.05, 3.63) is 23.4 Å². The fourth-order valence-corrected chi connectivity index (χ4v) is 1.38. The quantitative estimate of drug-likeness (QED) is 0.727. The lowest BCUT2D eigenvalue weighted by molar-refractivity contribution is 0.570. The van der Waals surface area contributed by atoms with Crippen LogP contribution in [0.4, 0.5) is 5.82 Å². The van der Waals surface area contributed by atoms with Gasteiger partial charge in [0.05, 0.1) is 0 Å². The van der Waals surface area contributed by atoms with Crippen LogP contribution in [0.15, 0.2) is 12.1 Å². The second-order valence-corrected chi connectivity index (χ2v) is 3.37. The van der Waals surface area contributed by atoms with Crippen LogP contribution in [0, 0.1) is 6.92 Å². The van der Waals surface area contributed by atoms with Crippen molar-refractivity contribution in [1.82, 2.24) is 4.98 Å². The molecule has 1 aromatic rings. The maximum atomic E-state index is 10.5. The summed E-state index contributed by atoms with van der Waals surface area (Å²) in [6.07, 6.45) is 0.785. The number of aromatic nitrogens is 1. The van der Waals surface area contributed by atoms with Crippen LogP contribution in [0.1, 0.15) is 18.2 Å². The van der Waals surface area contributed by atoms with E-state index in [1.165, 1.54) is 0 Å². The van der Waals surface area contributed by atoms with Gasteiger partial charge in [-0.1, -0.05) is 13.0 Å². The third-order valence-corrected chi connectivity index (χ3v) is 2.05. The van der Waals surface area contributed by atoms with E-state index in [0.717, 1.165) is 17.7 Å². The molecule has 0 spiro atoms. The first-order chi connectivity index (χ1) is 6.13. The molecule has 0 aromatic carbocycles. The molecule has 1 unspecified atom stereocenters. The third kappa shape index (κ3) is 2.78. The predicted octanol–water partition coefficient (Wildman–Crippen LogP) is 1.50. The van der Waals surface area contributed by atoms with E-state index in [1.807, 2.05) is 26.0 Å². The topological polar surface area (TPSA) is 62.2 Å². The lowest BCUT2D eigenvalue weighted by atomic mass is 10.2. The molecule has 2 N–H and O–H groups in total. The summed E-state index contributed by atoms with van der Waals surface area (Å²) in [6.45, 7) is 3.81. The van der Waals surface area contributed by atoms with Gasteiger partial charge in [0, 0.05) is 5.69 Å². The molecule has 0 fully saturated rings. The van der Waals surface area contributed by atoms with Gasteiger partial charge in [0.2, 0.25) is 0 Å². The summed E-state index contributed by atoms with van der Waals surface area (Å²) in [5.74, 6) is 0.489. The Kier molecular flexibility index (Phi) is 3.39. The largest absolute Gasteiger partial charge is 0.289 e. The van der Waals surface area contributed by atoms with Gasteiger partial charge in [-0.3, -0.25) is 9.27 Å². The molecule has 0 saturated carbocycles. The molecule has 13 heavy (non-hydrogen) atoms. The van der Waals surface area contributed by atoms with Gasteiger partial charge < -0.3 is 0 Å². The van der Waals surface area contributed by atoms with Crippen molar-refractivity contribution < 1.29 is 8.76 Å². The van der Waals surface area contributed by atoms with E-state index in [-0.39, 0.29) is 0 Å². The average molecular weight is 200 g/mol. The SMILES string of the molecule is CCc1ccc(C)nc1NS(=O)O. The third-order valence-electron chi connectivity index (χ3n) is 1.68. The van der Waals surface area contributed by atoms with E-state index >= 15 is 0 Å². The molecule has 0 bridgehead atoms. The highest BCUT2D eigenvalue weighted by Crippen LogP contribution is 2.13. The van der Waals surface area contributed by atoms with Gasteiger partial charge in [-0.05, 0) is 25.0 Å². The predicted molar refractivity (Wildman–Crippen MR) is 52.7 cm³/mol. The van der Waals surface area contributed by atoms with E-state index in [2.05, 4.69) is 9.71 Å². The molecule has 0 amide bonds. The Hall–Kier alpha value is -0.940. The number of nitrogens with zero attached hydrogens (tertiary/aromatic N) is 1. The summed E-state index contributed by atoms with van der Waals surface area (Å²) in [6, 6.07) is 3.78. The van der Waals surface area contributed by atoms with Crippen LogP contribution in [0.25, 0.3) is 0 Å². The average Bonchev–Trinajstić information content (AvgIpc) is 2.03. The van der Waals surface area contributed by atoms with Crippen molar-refractivity contribution in [3.8, 4) is 0 Å². The molecule has 0 saturated heterocycles. The van der Waals surface area contributed by atoms with E-state index in [1.54, 1.807) is 0 Å². The summed E-state index contributed by atoms with van der Waals surface area (Å²) in [4.78, 5) is 4.12. The molecule has 72 valence electrons. The maximum absolute atomic E-state index is 10.5. The van der Waals surface area contributed by atoms with Crippen LogP contribution < -0.4 is 4.72 Å². The molecule has 0 aliphatic heterocycles. The number of hydrogen-bond acceptors (Lipinski definition) is 2. The van der Waals surface area contributed by atoms with Gasteiger partial charge in [0.15, 0.2) is 0 Å². The number of rotatable bonds is 3. The number of nitrogens with one attached hydrogen (secondary N) is 1. The van der Waals surface area contributed by atoms with Crippen molar-refractivity contribution >= 4 is 17.1 Å². The molecule has 1 aromatic heterocycles. The van der Waals surface area contributed by atoms with Gasteiger partial charge in [-0.15, -0.1) is 0 Å². The fraction of sp³-hybridized carbons (Fsp3) is 0.375. The summed E-state index contributed by atoms with van der Waals surface area (Å²) in [7, 11) is 0. The molecule has 0 aliphatic rings. The van der Waals surface area contributed by atoms with Crippen LogP contribution >= 0.6 is 0 Å². The first kappa shape index (κ1) is 10.1. The number of anilines is 1. The first-order valence-corrected chi connectivity index (χ1v) is 5.08. The van der Waals surface area contributed by atoms with Crippen molar-refractivity contribution in [3.63, 3.8) is 0 Å². The van der Waals surface area contributed by atoms with Crippen molar-refractivity contribution in [2.24, 2.45) is 0 Å². The molecule has 1 rings (SSSR count). The molecule has 1 heterocycles. The molecule has 5 heteroatoms. The molecule has 1 atom stereocenters. The highest BCUT2D eigenvalue weighted by Gasteiger charge is 2.03. The normalized spacial score (nSPS) is 12.5. The fourth-order valence-electron chi connectivity index (χ4n) is 1.04. The second-order valence-electron chi connectivity index (χ2n) is 2.67. The highest BCUT2D eigenvalue weighted by molar-refractivity contribution is 7.80. The lowest BCUT2D eigenvalue weighted by Crippen LogP contribution is -2.07. The van der Waals surface area contributed by atoms with Crippen molar-refractivity contribution in [2.45, 2.75) is 20.3 Å². The van der Waals surface area contributed by atoms with E-state index in [0.29, 0.717) is 5.82 Å². The minimum absolute atomic E-state index is 0.489. The van der Waals surface area contributed by atoms with Gasteiger partial charge in [-0.2, -0.15) is 0 Å². The maximum Gasteiger partial charge on any atom is 0.260 e. The van der Waals surface area contributed by atoms with E-state index in [4.69, 9.17) is 4.55 Å². The summed E-state index contributed by atoms with van der Waals surface area (Å²) in [5, 5.41) is 0. The lowest BCUT2D eigenvalue weighted by Gasteiger charge is -2.06. The summed E-state index contributed by atoms with van der Waals surface area (Å²) >= 11 is -2.05. The van der Waals surface area contributed by atoms with Gasteiger partial charge in [-0.25, -0.2) is 9.19 Å². The van der Waals surface area contributed by atoms with Gasteiger partial charge in [0.25, 0.3) is 11.3 Å². The monoisotopic (exact) mass is 200 g/mol. The molecule has 4 nitrogen and oxygen atoms in total. The smallest absolute Gasteiger partial charge is 0.260 e. The zero-order chi connectivity index (χ0) is 9.84. The summed E-state index contributed by atoms with van der Waals surface area (Å²) in [5.41, 5.74) is 1.76. The Morgan fingerprint density at radius 2 is 2.31 bits per heavy atom. The Morgan fingerprint density at radius 1 is 1.62 bits per heavy atom. The Labute approximate surface area is 79.8 Å². The van der Waals surface area contributed by atoms with Gasteiger partial charge in [0.1, 0.15) is 5.82 Å². The Morgan fingerprint density at radius 3 is 2.85 bits per heavy atom.